The zero-order valence-corrected chi connectivity index (χ0v) is 13.1. The first-order chi connectivity index (χ1) is 9.63. The van der Waals surface area contributed by atoms with Gasteiger partial charge < -0.3 is 5.11 Å². The van der Waals surface area contributed by atoms with Crippen LogP contribution < -0.4 is 0 Å². The summed E-state index contributed by atoms with van der Waals surface area (Å²) in [4.78, 5) is 5.66. The molecule has 3 rings (SSSR count). The molecule has 0 spiro atoms. The Morgan fingerprint density at radius 2 is 2.10 bits per heavy atom. The molecular weight excluding hydrogens is 338 g/mol. The maximum absolute atomic E-state index is 9.96. The van der Waals surface area contributed by atoms with Gasteiger partial charge in [0, 0.05) is 27.3 Å². The van der Waals surface area contributed by atoms with Crippen molar-refractivity contribution in [2.45, 2.75) is 17.6 Å². The first-order valence-electron chi connectivity index (χ1n) is 6.06. The zero-order valence-electron chi connectivity index (χ0n) is 10.7. The topological polar surface area (TPSA) is 50.4 Å². The van der Waals surface area contributed by atoms with Crippen LogP contribution in [0.3, 0.4) is 0 Å². The summed E-state index contributed by atoms with van der Waals surface area (Å²) in [6, 6.07) is 11.6. The molecule has 0 fully saturated rings. The highest BCUT2D eigenvalue weighted by atomic mass is 79.9. The molecule has 0 bridgehead atoms. The van der Waals surface area contributed by atoms with E-state index in [1.54, 1.807) is 17.8 Å². The Balaban J connectivity index is 1.86. The molecule has 0 unspecified atom stereocenters. The molecule has 0 aliphatic carbocycles. The van der Waals surface area contributed by atoms with E-state index in [2.05, 4.69) is 32.1 Å². The SMILES string of the molecule is Cc1cc2nc(CSc3ccccc3Br)cc(O)n2n1. The van der Waals surface area contributed by atoms with E-state index in [4.69, 9.17) is 0 Å². The van der Waals surface area contributed by atoms with Gasteiger partial charge in [-0.1, -0.05) is 12.1 Å². The van der Waals surface area contributed by atoms with E-state index in [0.717, 1.165) is 20.8 Å². The van der Waals surface area contributed by atoms with Crippen LogP contribution in [0.15, 0.2) is 45.8 Å². The summed E-state index contributed by atoms with van der Waals surface area (Å²) >= 11 is 5.20. The summed E-state index contributed by atoms with van der Waals surface area (Å²) in [5.74, 6) is 0.808. The van der Waals surface area contributed by atoms with E-state index in [-0.39, 0.29) is 5.88 Å². The van der Waals surface area contributed by atoms with E-state index in [0.29, 0.717) is 11.4 Å². The summed E-state index contributed by atoms with van der Waals surface area (Å²) < 4.78 is 2.51. The van der Waals surface area contributed by atoms with Crippen molar-refractivity contribution in [2.75, 3.05) is 0 Å². The summed E-state index contributed by atoms with van der Waals surface area (Å²) in [6.07, 6.45) is 0. The lowest BCUT2D eigenvalue weighted by molar-refractivity contribution is 0.434. The predicted octanol–water partition coefficient (Wildman–Crippen LogP) is 3.80. The van der Waals surface area contributed by atoms with Gasteiger partial charge in [-0.05, 0) is 35.0 Å². The van der Waals surface area contributed by atoms with Gasteiger partial charge in [0.1, 0.15) is 0 Å². The lowest BCUT2D eigenvalue weighted by Gasteiger charge is -2.05. The molecule has 6 heteroatoms. The summed E-state index contributed by atoms with van der Waals surface area (Å²) in [5, 5.41) is 14.1. The van der Waals surface area contributed by atoms with Crippen LogP contribution >= 0.6 is 27.7 Å². The molecule has 0 saturated carbocycles. The fraction of sp³-hybridized carbons (Fsp3) is 0.143. The minimum Gasteiger partial charge on any atom is -0.493 e. The Labute approximate surface area is 129 Å². The van der Waals surface area contributed by atoms with Gasteiger partial charge in [0.2, 0.25) is 5.88 Å². The van der Waals surface area contributed by atoms with Crippen molar-refractivity contribution in [2.24, 2.45) is 0 Å². The normalized spacial score (nSPS) is 11.1. The van der Waals surface area contributed by atoms with Crippen molar-refractivity contribution in [1.82, 2.24) is 14.6 Å². The Morgan fingerprint density at radius 3 is 2.90 bits per heavy atom. The molecule has 0 radical (unpaired) electrons. The minimum atomic E-state index is 0.117. The number of nitrogens with zero attached hydrogens (tertiary/aromatic N) is 3. The number of aryl methyl sites for hydroxylation is 1. The van der Waals surface area contributed by atoms with Crippen LogP contribution in [0.4, 0.5) is 0 Å². The number of thioether (sulfide) groups is 1. The number of halogens is 1. The molecule has 20 heavy (non-hydrogen) atoms. The Hall–Kier alpha value is -1.53. The quantitative estimate of drug-likeness (QED) is 0.730. The molecule has 1 N–H and O–H groups in total. The smallest absolute Gasteiger partial charge is 0.215 e. The Bertz CT molecular complexity index is 772. The lowest BCUT2D eigenvalue weighted by Crippen LogP contribution is -1.95. The predicted molar refractivity (Wildman–Crippen MR) is 83.1 cm³/mol. The number of fused-ring (bicyclic) bond motifs is 1. The fourth-order valence-corrected chi connectivity index (χ4v) is 3.37. The molecule has 0 amide bonds. The average molecular weight is 350 g/mol. The second kappa shape index (κ2) is 5.46. The van der Waals surface area contributed by atoms with Gasteiger partial charge >= 0.3 is 0 Å². The monoisotopic (exact) mass is 349 g/mol. The molecule has 0 atom stereocenters. The fourth-order valence-electron chi connectivity index (χ4n) is 1.91. The largest absolute Gasteiger partial charge is 0.493 e. The van der Waals surface area contributed by atoms with Gasteiger partial charge in [-0.2, -0.15) is 9.61 Å². The standard InChI is InChI=1S/C14H12BrN3OS/c1-9-6-13-16-10(7-14(19)18(13)17-9)8-20-12-5-3-2-4-11(12)15/h2-7,19H,8H2,1H3. The van der Waals surface area contributed by atoms with Gasteiger partial charge in [0.15, 0.2) is 5.65 Å². The van der Waals surface area contributed by atoms with E-state index >= 15 is 0 Å². The van der Waals surface area contributed by atoms with Crippen LogP contribution in [0, 0.1) is 6.92 Å². The summed E-state index contributed by atoms with van der Waals surface area (Å²) in [7, 11) is 0. The minimum absolute atomic E-state index is 0.117. The van der Waals surface area contributed by atoms with Crippen molar-refractivity contribution < 1.29 is 5.11 Å². The lowest BCUT2D eigenvalue weighted by atomic mass is 10.4. The van der Waals surface area contributed by atoms with Crippen LogP contribution in [0.2, 0.25) is 0 Å². The van der Waals surface area contributed by atoms with Gasteiger partial charge in [-0.3, -0.25) is 0 Å². The Kier molecular flexibility index (Phi) is 3.67. The van der Waals surface area contributed by atoms with Crippen molar-refractivity contribution in [1.29, 1.82) is 0 Å². The van der Waals surface area contributed by atoms with Crippen LogP contribution in [0.5, 0.6) is 5.88 Å². The maximum Gasteiger partial charge on any atom is 0.215 e. The number of hydrogen-bond acceptors (Lipinski definition) is 4. The van der Waals surface area contributed by atoms with Gasteiger partial charge in [0.25, 0.3) is 0 Å². The van der Waals surface area contributed by atoms with Crippen molar-refractivity contribution in [3.05, 3.63) is 52.3 Å². The van der Waals surface area contributed by atoms with Gasteiger partial charge in [0.05, 0.1) is 11.4 Å². The van der Waals surface area contributed by atoms with Crippen LogP contribution in [-0.2, 0) is 5.75 Å². The third kappa shape index (κ3) is 2.66. The molecule has 102 valence electrons. The highest BCUT2D eigenvalue weighted by Gasteiger charge is 2.08. The van der Waals surface area contributed by atoms with Crippen LogP contribution in [-0.4, -0.2) is 19.7 Å². The molecular formula is C14H12BrN3OS. The zero-order chi connectivity index (χ0) is 14.1. The third-order valence-corrected chi connectivity index (χ3v) is 4.86. The molecule has 3 aromatic rings. The summed E-state index contributed by atoms with van der Waals surface area (Å²) in [6.45, 7) is 1.88. The van der Waals surface area contributed by atoms with Crippen LogP contribution in [0.25, 0.3) is 5.65 Å². The second-order valence-electron chi connectivity index (χ2n) is 4.38. The van der Waals surface area contributed by atoms with E-state index in [1.807, 2.05) is 31.2 Å². The maximum atomic E-state index is 9.96. The van der Waals surface area contributed by atoms with Gasteiger partial charge in [-0.25, -0.2) is 4.98 Å². The van der Waals surface area contributed by atoms with Gasteiger partial charge in [-0.15, -0.1) is 11.8 Å². The van der Waals surface area contributed by atoms with Crippen molar-refractivity contribution in [3.63, 3.8) is 0 Å². The van der Waals surface area contributed by atoms with E-state index in [1.165, 1.54) is 4.52 Å². The number of aromatic hydroxyl groups is 1. The molecule has 1 aromatic carbocycles. The molecule has 2 aromatic heterocycles. The van der Waals surface area contributed by atoms with E-state index in [9.17, 15) is 5.11 Å². The molecule has 0 aliphatic heterocycles. The molecule has 0 saturated heterocycles. The molecule has 4 nitrogen and oxygen atoms in total. The summed E-state index contributed by atoms with van der Waals surface area (Å²) in [5.41, 5.74) is 2.34. The molecule has 0 aliphatic rings. The first kappa shape index (κ1) is 13.5. The average Bonchev–Trinajstić information content (AvgIpc) is 2.79. The number of benzene rings is 1. The third-order valence-electron chi connectivity index (χ3n) is 2.80. The van der Waals surface area contributed by atoms with Crippen molar-refractivity contribution >= 4 is 33.3 Å². The van der Waals surface area contributed by atoms with Crippen LogP contribution in [0.1, 0.15) is 11.4 Å². The van der Waals surface area contributed by atoms with E-state index < -0.39 is 0 Å². The highest BCUT2D eigenvalue weighted by Crippen LogP contribution is 2.30. The number of hydrogen-bond donors (Lipinski definition) is 1. The second-order valence-corrected chi connectivity index (χ2v) is 6.25. The Morgan fingerprint density at radius 1 is 1.30 bits per heavy atom. The number of rotatable bonds is 3. The highest BCUT2D eigenvalue weighted by molar-refractivity contribution is 9.10. The molecule has 2 heterocycles. The number of aromatic nitrogens is 3. The van der Waals surface area contributed by atoms with Crippen molar-refractivity contribution in [3.8, 4) is 5.88 Å². The first-order valence-corrected chi connectivity index (χ1v) is 7.84.